The molecular weight excluding hydrogens is 250 g/mol. The molecule has 74 valence electrons. The summed E-state index contributed by atoms with van der Waals surface area (Å²) in [6.45, 7) is 1.97. The van der Waals surface area contributed by atoms with Crippen molar-refractivity contribution in [2.45, 2.75) is 24.9 Å². The molecule has 0 unspecified atom stereocenters. The average Bonchev–Trinajstić information content (AvgIpc) is 2.43. The van der Waals surface area contributed by atoms with Crippen LogP contribution in [0, 0.1) is 6.92 Å². The molecule has 0 atom stereocenters. The minimum Gasteiger partial charge on any atom is -0.309 e. The average molecular weight is 264 g/mol. The van der Waals surface area contributed by atoms with Gasteiger partial charge in [-0.1, -0.05) is 27.7 Å². The molecule has 5 heteroatoms. The second-order valence-electron chi connectivity index (χ2n) is 2.83. The van der Waals surface area contributed by atoms with Crippen LogP contribution in [0.25, 0.3) is 0 Å². The van der Waals surface area contributed by atoms with Crippen molar-refractivity contribution in [1.29, 1.82) is 0 Å². The summed E-state index contributed by atoms with van der Waals surface area (Å²) in [7, 11) is 2.00. The van der Waals surface area contributed by atoms with E-state index in [9.17, 15) is 0 Å². The Hall–Kier alpha value is -0.0300. The van der Waals surface area contributed by atoms with Crippen LogP contribution >= 0.6 is 27.7 Å². The SMILES string of the molecule is Cc1nnc(SCCCCBr)n1C. The van der Waals surface area contributed by atoms with E-state index in [0.29, 0.717) is 0 Å². The maximum Gasteiger partial charge on any atom is 0.190 e. The van der Waals surface area contributed by atoms with Crippen LogP contribution in [0.5, 0.6) is 0 Å². The molecule has 0 aliphatic carbocycles. The third-order valence-electron chi connectivity index (χ3n) is 1.81. The van der Waals surface area contributed by atoms with E-state index in [1.165, 1.54) is 12.8 Å². The van der Waals surface area contributed by atoms with Crippen LogP contribution in [0.3, 0.4) is 0 Å². The zero-order chi connectivity index (χ0) is 9.68. The van der Waals surface area contributed by atoms with E-state index in [1.54, 1.807) is 11.8 Å². The fraction of sp³-hybridized carbons (Fsp3) is 0.750. The first-order chi connectivity index (χ1) is 6.25. The monoisotopic (exact) mass is 263 g/mol. The number of aromatic nitrogens is 3. The summed E-state index contributed by atoms with van der Waals surface area (Å²) in [5, 5.41) is 10.2. The van der Waals surface area contributed by atoms with Crippen molar-refractivity contribution in [3.63, 3.8) is 0 Å². The number of hydrogen-bond acceptors (Lipinski definition) is 3. The summed E-state index contributed by atoms with van der Waals surface area (Å²) >= 11 is 5.19. The van der Waals surface area contributed by atoms with Gasteiger partial charge in [0.15, 0.2) is 5.16 Å². The molecule has 0 aromatic carbocycles. The number of alkyl halides is 1. The molecule has 0 aliphatic rings. The molecule has 0 N–H and O–H groups in total. The van der Waals surface area contributed by atoms with Gasteiger partial charge in [0.25, 0.3) is 0 Å². The molecule has 0 amide bonds. The molecule has 13 heavy (non-hydrogen) atoms. The number of rotatable bonds is 5. The summed E-state index contributed by atoms with van der Waals surface area (Å²) in [6, 6.07) is 0. The van der Waals surface area contributed by atoms with E-state index in [-0.39, 0.29) is 0 Å². The smallest absolute Gasteiger partial charge is 0.190 e. The fourth-order valence-corrected chi connectivity index (χ4v) is 2.23. The van der Waals surface area contributed by atoms with Crippen LogP contribution in [0.4, 0.5) is 0 Å². The first-order valence-corrected chi connectivity index (χ1v) is 6.41. The lowest BCUT2D eigenvalue weighted by Crippen LogP contribution is -1.94. The summed E-state index contributed by atoms with van der Waals surface area (Å²) in [5.74, 6) is 2.10. The Labute approximate surface area is 91.4 Å². The summed E-state index contributed by atoms with van der Waals surface area (Å²) < 4.78 is 2.03. The van der Waals surface area contributed by atoms with Gasteiger partial charge < -0.3 is 4.57 Å². The number of aryl methyl sites for hydroxylation is 1. The molecule has 0 spiro atoms. The van der Waals surface area contributed by atoms with Crippen LogP contribution in [-0.4, -0.2) is 25.8 Å². The van der Waals surface area contributed by atoms with Crippen molar-refractivity contribution >= 4 is 27.7 Å². The lowest BCUT2D eigenvalue weighted by molar-refractivity contribution is 0.763. The van der Waals surface area contributed by atoms with Gasteiger partial charge in [0.05, 0.1) is 0 Å². The van der Waals surface area contributed by atoms with Crippen molar-refractivity contribution in [2.75, 3.05) is 11.1 Å². The molecular formula is C8H14BrN3S. The Balaban J connectivity index is 2.32. The second kappa shape index (κ2) is 5.65. The predicted molar refractivity (Wildman–Crippen MR) is 59.5 cm³/mol. The highest BCUT2D eigenvalue weighted by atomic mass is 79.9. The highest BCUT2D eigenvalue weighted by molar-refractivity contribution is 9.09. The Kier molecular flexibility index (Phi) is 4.80. The Morgan fingerprint density at radius 2 is 2.15 bits per heavy atom. The second-order valence-corrected chi connectivity index (χ2v) is 4.69. The molecule has 3 nitrogen and oxygen atoms in total. The van der Waals surface area contributed by atoms with Crippen molar-refractivity contribution in [2.24, 2.45) is 7.05 Å². The molecule has 0 bridgehead atoms. The highest BCUT2D eigenvalue weighted by Crippen LogP contribution is 2.16. The van der Waals surface area contributed by atoms with Gasteiger partial charge in [0.1, 0.15) is 5.82 Å². The molecule has 1 aromatic rings. The van der Waals surface area contributed by atoms with Gasteiger partial charge in [-0.15, -0.1) is 10.2 Å². The van der Waals surface area contributed by atoms with E-state index in [2.05, 4.69) is 26.1 Å². The molecule has 1 heterocycles. The predicted octanol–water partition coefficient (Wildman–Crippen LogP) is 2.39. The molecule has 0 saturated carbocycles. The minimum atomic E-state index is 0.975. The normalized spacial score (nSPS) is 10.7. The quantitative estimate of drug-likeness (QED) is 0.465. The Bertz CT molecular complexity index is 262. The van der Waals surface area contributed by atoms with Gasteiger partial charge >= 0.3 is 0 Å². The van der Waals surface area contributed by atoms with Crippen molar-refractivity contribution < 1.29 is 0 Å². The van der Waals surface area contributed by atoms with Gasteiger partial charge in [-0.25, -0.2) is 0 Å². The maximum atomic E-state index is 4.08. The van der Waals surface area contributed by atoms with E-state index >= 15 is 0 Å². The zero-order valence-electron chi connectivity index (χ0n) is 7.96. The van der Waals surface area contributed by atoms with Gasteiger partial charge in [0.2, 0.25) is 0 Å². The van der Waals surface area contributed by atoms with Crippen LogP contribution < -0.4 is 0 Å². The summed E-state index contributed by atoms with van der Waals surface area (Å²) in [4.78, 5) is 0. The summed E-state index contributed by atoms with van der Waals surface area (Å²) in [5.41, 5.74) is 0. The number of nitrogens with zero attached hydrogens (tertiary/aromatic N) is 3. The van der Waals surface area contributed by atoms with Gasteiger partial charge in [0, 0.05) is 18.1 Å². The van der Waals surface area contributed by atoms with Crippen molar-refractivity contribution in [1.82, 2.24) is 14.8 Å². The number of halogens is 1. The first-order valence-electron chi connectivity index (χ1n) is 4.30. The number of thioether (sulfide) groups is 1. The summed E-state index contributed by atoms with van der Waals surface area (Å²) in [6.07, 6.45) is 2.45. The maximum absolute atomic E-state index is 4.08. The third kappa shape index (κ3) is 3.31. The Morgan fingerprint density at radius 1 is 1.38 bits per heavy atom. The zero-order valence-corrected chi connectivity index (χ0v) is 10.4. The number of unbranched alkanes of at least 4 members (excludes halogenated alkanes) is 1. The molecule has 0 radical (unpaired) electrons. The van der Waals surface area contributed by atoms with Crippen LogP contribution in [-0.2, 0) is 7.05 Å². The highest BCUT2D eigenvalue weighted by Gasteiger charge is 2.03. The number of hydrogen-bond donors (Lipinski definition) is 0. The third-order valence-corrected chi connectivity index (χ3v) is 3.48. The lowest BCUT2D eigenvalue weighted by atomic mass is 10.4. The van der Waals surface area contributed by atoms with Crippen LogP contribution in [0.1, 0.15) is 18.7 Å². The van der Waals surface area contributed by atoms with Gasteiger partial charge in [-0.2, -0.15) is 0 Å². The molecule has 1 aromatic heterocycles. The van der Waals surface area contributed by atoms with Crippen LogP contribution in [0.2, 0.25) is 0 Å². The molecule has 0 aliphatic heterocycles. The van der Waals surface area contributed by atoms with E-state index in [1.807, 2.05) is 18.5 Å². The molecule has 0 fully saturated rings. The lowest BCUT2D eigenvalue weighted by Gasteiger charge is -1.99. The van der Waals surface area contributed by atoms with Gasteiger partial charge in [-0.3, -0.25) is 0 Å². The molecule has 0 saturated heterocycles. The Morgan fingerprint density at radius 3 is 2.69 bits per heavy atom. The standard InChI is InChI=1S/C8H14BrN3S/c1-7-10-11-8(12(7)2)13-6-4-3-5-9/h3-6H2,1-2H3. The largest absolute Gasteiger partial charge is 0.309 e. The van der Waals surface area contributed by atoms with Crippen molar-refractivity contribution in [3.05, 3.63) is 5.82 Å². The molecule has 1 rings (SSSR count). The van der Waals surface area contributed by atoms with E-state index < -0.39 is 0 Å². The van der Waals surface area contributed by atoms with Crippen LogP contribution in [0.15, 0.2) is 5.16 Å². The van der Waals surface area contributed by atoms with E-state index in [0.717, 1.165) is 22.1 Å². The topological polar surface area (TPSA) is 30.7 Å². The fourth-order valence-electron chi connectivity index (χ4n) is 0.873. The van der Waals surface area contributed by atoms with Gasteiger partial charge in [-0.05, 0) is 19.8 Å². The van der Waals surface area contributed by atoms with E-state index in [4.69, 9.17) is 0 Å². The van der Waals surface area contributed by atoms with Crippen molar-refractivity contribution in [3.8, 4) is 0 Å². The first kappa shape index (κ1) is 11.0. The minimum absolute atomic E-state index is 0.975.